The van der Waals surface area contributed by atoms with Crippen molar-refractivity contribution in [1.82, 2.24) is 4.90 Å². The minimum absolute atomic E-state index is 0.100. The van der Waals surface area contributed by atoms with Gasteiger partial charge in [0.1, 0.15) is 0 Å². The third-order valence-electron chi connectivity index (χ3n) is 4.05. The molecule has 1 aromatic rings. The number of piperidine rings is 1. The molecule has 3 rings (SSSR count). The van der Waals surface area contributed by atoms with Crippen LogP contribution in [-0.4, -0.2) is 37.0 Å². The average Bonchev–Trinajstić information content (AvgIpc) is 2.97. The van der Waals surface area contributed by atoms with E-state index in [0.717, 1.165) is 35.1 Å². The number of hydrogen-bond acceptors (Lipinski definition) is 3. The van der Waals surface area contributed by atoms with Gasteiger partial charge in [-0.3, -0.25) is 4.90 Å². The Hall–Kier alpha value is -0.320. The van der Waals surface area contributed by atoms with Crippen molar-refractivity contribution in [2.75, 3.05) is 19.8 Å². The van der Waals surface area contributed by atoms with E-state index in [2.05, 4.69) is 4.90 Å². The molecule has 2 heterocycles. The number of likely N-dealkylation sites (tertiary alicyclic amines) is 1. The second kappa shape index (κ2) is 6.63. The van der Waals surface area contributed by atoms with Gasteiger partial charge in [-0.25, -0.2) is 0 Å². The summed E-state index contributed by atoms with van der Waals surface area (Å²) >= 11 is 12.6. The van der Waals surface area contributed by atoms with Crippen molar-refractivity contribution >= 4 is 23.2 Å². The summed E-state index contributed by atoms with van der Waals surface area (Å²) in [6.07, 6.45) is 3.43. The van der Waals surface area contributed by atoms with Crippen molar-refractivity contribution in [2.45, 2.75) is 38.1 Å². The predicted molar refractivity (Wildman–Crippen MR) is 80.2 cm³/mol. The van der Waals surface area contributed by atoms with E-state index in [0.29, 0.717) is 19.3 Å². The summed E-state index contributed by atoms with van der Waals surface area (Å²) in [5.74, 6) is 0. The highest BCUT2D eigenvalue weighted by Gasteiger charge is 2.34. The van der Waals surface area contributed by atoms with Crippen LogP contribution in [-0.2, 0) is 16.0 Å². The van der Waals surface area contributed by atoms with E-state index in [1.165, 1.54) is 12.8 Å². The third kappa shape index (κ3) is 3.12. The first-order chi connectivity index (χ1) is 9.75. The number of ether oxygens (including phenoxy) is 2. The molecule has 1 aromatic carbocycles. The maximum atomic E-state index is 6.28. The van der Waals surface area contributed by atoms with Crippen LogP contribution in [0.5, 0.6) is 0 Å². The Kier molecular flexibility index (Phi) is 4.84. The Labute approximate surface area is 129 Å². The quantitative estimate of drug-likeness (QED) is 0.848. The van der Waals surface area contributed by atoms with Crippen LogP contribution in [0.1, 0.15) is 24.8 Å². The molecule has 1 atom stereocenters. The number of nitrogens with zero attached hydrogens (tertiary/aromatic N) is 1. The average molecular weight is 316 g/mol. The first-order valence-corrected chi connectivity index (χ1v) is 7.91. The van der Waals surface area contributed by atoms with Gasteiger partial charge in [0.15, 0.2) is 6.29 Å². The molecule has 2 aliphatic heterocycles. The third-order valence-corrected chi connectivity index (χ3v) is 4.76. The smallest absolute Gasteiger partial charge is 0.173 e. The minimum atomic E-state index is -0.100. The highest BCUT2D eigenvalue weighted by atomic mass is 35.5. The number of rotatable bonds is 3. The molecule has 1 unspecified atom stereocenters. The molecule has 2 aliphatic rings. The van der Waals surface area contributed by atoms with Gasteiger partial charge in [-0.1, -0.05) is 35.7 Å². The molecule has 20 heavy (non-hydrogen) atoms. The van der Waals surface area contributed by atoms with Gasteiger partial charge in [-0.05, 0) is 31.5 Å². The van der Waals surface area contributed by atoms with E-state index < -0.39 is 0 Å². The van der Waals surface area contributed by atoms with Crippen molar-refractivity contribution in [3.63, 3.8) is 0 Å². The molecule has 2 fully saturated rings. The molecule has 0 aromatic heterocycles. The highest BCUT2D eigenvalue weighted by molar-refractivity contribution is 6.35. The number of hydrogen-bond donors (Lipinski definition) is 0. The molecule has 0 N–H and O–H groups in total. The van der Waals surface area contributed by atoms with Crippen LogP contribution in [0, 0.1) is 0 Å². The van der Waals surface area contributed by atoms with E-state index >= 15 is 0 Å². The lowest BCUT2D eigenvalue weighted by Gasteiger charge is -2.38. The van der Waals surface area contributed by atoms with Crippen LogP contribution in [0.4, 0.5) is 0 Å². The van der Waals surface area contributed by atoms with Crippen LogP contribution in [0.25, 0.3) is 0 Å². The summed E-state index contributed by atoms with van der Waals surface area (Å²) < 4.78 is 11.4. The molecule has 2 saturated heterocycles. The fourth-order valence-corrected chi connectivity index (χ4v) is 3.52. The van der Waals surface area contributed by atoms with E-state index in [-0.39, 0.29) is 6.29 Å². The summed E-state index contributed by atoms with van der Waals surface area (Å²) in [6, 6.07) is 5.97. The predicted octanol–water partition coefficient (Wildman–Crippen LogP) is 3.72. The molecular formula is C15H19Cl2NO2. The summed E-state index contributed by atoms with van der Waals surface area (Å²) in [5, 5.41) is 1.46. The van der Waals surface area contributed by atoms with Gasteiger partial charge in [0, 0.05) is 22.2 Å². The highest BCUT2D eigenvalue weighted by Crippen LogP contribution is 2.30. The Bertz CT molecular complexity index is 443. The molecule has 3 nitrogen and oxygen atoms in total. The van der Waals surface area contributed by atoms with Crippen LogP contribution >= 0.6 is 23.2 Å². The summed E-state index contributed by atoms with van der Waals surface area (Å²) in [6.45, 7) is 3.19. The molecule has 0 radical (unpaired) electrons. The maximum absolute atomic E-state index is 6.28. The Morgan fingerprint density at radius 1 is 1.10 bits per heavy atom. The largest absolute Gasteiger partial charge is 0.349 e. The monoisotopic (exact) mass is 315 g/mol. The molecule has 0 amide bonds. The summed E-state index contributed by atoms with van der Waals surface area (Å²) in [4.78, 5) is 2.40. The van der Waals surface area contributed by atoms with Crippen molar-refractivity contribution < 1.29 is 9.47 Å². The van der Waals surface area contributed by atoms with E-state index in [1.54, 1.807) is 0 Å². The molecule has 110 valence electrons. The number of benzene rings is 1. The normalized spacial score (nSPS) is 25.2. The van der Waals surface area contributed by atoms with Crippen molar-refractivity contribution in [3.8, 4) is 0 Å². The van der Waals surface area contributed by atoms with Crippen LogP contribution in [0.2, 0.25) is 10.0 Å². The fourth-order valence-electron chi connectivity index (χ4n) is 3.01. The van der Waals surface area contributed by atoms with Crippen LogP contribution in [0.3, 0.4) is 0 Å². The van der Waals surface area contributed by atoms with E-state index in [1.807, 2.05) is 18.2 Å². The first kappa shape index (κ1) is 14.6. The van der Waals surface area contributed by atoms with E-state index in [9.17, 15) is 0 Å². The van der Waals surface area contributed by atoms with Crippen molar-refractivity contribution in [3.05, 3.63) is 33.8 Å². The van der Waals surface area contributed by atoms with Gasteiger partial charge in [0.2, 0.25) is 0 Å². The lowest BCUT2D eigenvalue weighted by atomic mass is 10.0. The zero-order valence-corrected chi connectivity index (χ0v) is 12.9. The van der Waals surface area contributed by atoms with Crippen molar-refractivity contribution in [1.29, 1.82) is 0 Å². The molecule has 5 heteroatoms. The van der Waals surface area contributed by atoms with E-state index in [4.69, 9.17) is 32.7 Å². The zero-order chi connectivity index (χ0) is 13.9. The molecule has 0 bridgehead atoms. The Balaban J connectivity index is 1.76. The van der Waals surface area contributed by atoms with Gasteiger partial charge in [-0.15, -0.1) is 0 Å². The lowest BCUT2D eigenvalue weighted by Crippen LogP contribution is -2.46. The SMILES string of the molecule is Clc1cccc(Cl)c1CN1CCCCC1C1OCCO1. The molecule has 0 saturated carbocycles. The fraction of sp³-hybridized carbons (Fsp3) is 0.600. The number of halogens is 2. The molecule has 0 aliphatic carbocycles. The van der Waals surface area contributed by atoms with Crippen molar-refractivity contribution in [2.24, 2.45) is 0 Å². The van der Waals surface area contributed by atoms with Gasteiger partial charge >= 0.3 is 0 Å². The summed E-state index contributed by atoms with van der Waals surface area (Å²) in [7, 11) is 0. The second-order valence-corrected chi connectivity index (χ2v) is 6.16. The maximum Gasteiger partial charge on any atom is 0.173 e. The van der Waals surface area contributed by atoms with Gasteiger partial charge in [-0.2, -0.15) is 0 Å². The summed E-state index contributed by atoms with van der Waals surface area (Å²) in [5.41, 5.74) is 1.00. The second-order valence-electron chi connectivity index (χ2n) is 5.34. The standard InChI is InChI=1S/C15H19Cl2NO2/c16-12-4-3-5-13(17)11(12)10-18-7-2-1-6-14(18)15-19-8-9-20-15/h3-5,14-15H,1-2,6-10H2. The molecular weight excluding hydrogens is 297 g/mol. The van der Waals surface area contributed by atoms with Crippen LogP contribution < -0.4 is 0 Å². The molecule has 0 spiro atoms. The Morgan fingerprint density at radius 3 is 2.50 bits per heavy atom. The van der Waals surface area contributed by atoms with Gasteiger partial charge < -0.3 is 9.47 Å². The van der Waals surface area contributed by atoms with Crippen LogP contribution in [0.15, 0.2) is 18.2 Å². The minimum Gasteiger partial charge on any atom is -0.349 e. The topological polar surface area (TPSA) is 21.7 Å². The van der Waals surface area contributed by atoms with Gasteiger partial charge in [0.25, 0.3) is 0 Å². The van der Waals surface area contributed by atoms with Gasteiger partial charge in [0.05, 0.1) is 19.3 Å². The first-order valence-electron chi connectivity index (χ1n) is 7.16. The zero-order valence-electron chi connectivity index (χ0n) is 11.4. The Morgan fingerprint density at radius 2 is 1.80 bits per heavy atom. The lowest BCUT2D eigenvalue weighted by molar-refractivity contribution is -0.111.